The Hall–Kier alpha value is -1.05. The second-order valence-corrected chi connectivity index (χ2v) is 3.69. The smallest absolute Gasteiger partial charge is 0.518 e. The van der Waals surface area contributed by atoms with Crippen molar-refractivity contribution in [2.24, 2.45) is 4.40 Å². The Kier molecular flexibility index (Phi) is 3.09. The number of hydrogen-bond acceptors (Lipinski definition) is 3. The summed E-state index contributed by atoms with van der Waals surface area (Å²) in [4.78, 5) is 0. The summed E-state index contributed by atoms with van der Waals surface area (Å²) >= 11 is 0. The molecule has 0 saturated heterocycles. The molecule has 0 unspecified atom stereocenters. The molecular formula is C5H5F3NO3S-. The average Bonchev–Trinajstić information content (AvgIpc) is 1.83. The van der Waals surface area contributed by atoms with E-state index in [1.165, 1.54) is 0 Å². The quantitative estimate of drug-likeness (QED) is 0.488. The van der Waals surface area contributed by atoms with Crippen LogP contribution in [-0.4, -0.2) is 19.8 Å². The van der Waals surface area contributed by atoms with E-state index in [-0.39, 0.29) is 5.57 Å². The van der Waals surface area contributed by atoms with E-state index in [2.05, 4.69) is 6.58 Å². The molecule has 0 heterocycles. The standard InChI is InChI=1S/C5H6F3NO3S/c1-3(2)4(10)9-13(11,12)5(6,7)8/h1H2,2H3,(H,9,10)/p-1. The van der Waals surface area contributed by atoms with Gasteiger partial charge in [-0.15, -0.1) is 0 Å². The number of rotatable bonds is 2. The zero-order chi connectivity index (χ0) is 10.9. The van der Waals surface area contributed by atoms with Crippen LogP contribution in [-0.2, 0) is 10.0 Å². The van der Waals surface area contributed by atoms with Gasteiger partial charge in [0.1, 0.15) is 0 Å². The van der Waals surface area contributed by atoms with Crippen molar-refractivity contribution >= 4 is 15.9 Å². The lowest BCUT2D eigenvalue weighted by atomic mass is 10.4. The summed E-state index contributed by atoms with van der Waals surface area (Å²) in [5.74, 6) is -1.50. The number of alkyl halides is 3. The fourth-order valence-corrected chi connectivity index (χ4v) is 0.716. The minimum atomic E-state index is -5.73. The van der Waals surface area contributed by atoms with Gasteiger partial charge >= 0.3 is 15.5 Å². The maximum atomic E-state index is 11.6. The minimum Gasteiger partial charge on any atom is -0.858 e. The Balaban J connectivity index is 5.15. The minimum absolute atomic E-state index is 0.382. The van der Waals surface area contributed by atoms with Crippen molar-refractivity contribution in [2.75, 3.05) is 0 Å². The van der Waals surface area contributed by atoms with Gasteiger partial charge in [0.05, 0.1) is 0 Å². The van der Waals surface area contributed by atoms with Crippen molar-refractivity contribution in [1.29, 1.82) is 0 Å². The first-order chi connectivity index (χ1) is 5.58. The molecule has 0 aromatic rings. The molecule has 0 rings (SSSR count). The molecule has 0 spiro atoms. The van der Waals surface area contributed by atoms with E-state index in [0.717, 1.165) is 6.92 Å². The van der Waals surface area contributed by atoms with E-state index in [4.69, 9.17) is 0 Å². The first-order valence-electron chi connectivity index (χ1n) is 2.82. The van der Waals surface area contributed by atoms with Gasteiger partial charge in [0.25, 0.3) is 0 Å². The van der Waals surface area contributed by atoms with Gasteiger partial charge in [-0.05, 0) is 12.5 Å². The van der Waals surface area contributed by atoms with Crippen LogP contribution in [0.4, 0.5) is 13.2 Å². The second kappa shape index (κ2) is 3.36. The highest BCUT2D eigenvalue weighted by molar-refractivity contribution is 7.91. The van der Waals surface area contributed by atoms with Crippen LogP contribution >= 0.6 is 0 Å². The van der Waals surface area contributed by atoms with Crippen LogP contribution in [0.5, 0.6) is 0 Å². The molecular weight excluding hydrogens is 211 g/mol. The molecule has 0 aliphatic rings. The monoisotopic (exact) mass is 216 g/mol. The van der Waals surface area contributed by atoms with E-state index >= 15 is 0 Å². The van der Waals surface area contributed by atoms with Crippen molar-refractivity contribution in [3.63, 3.8) is 0 Å². The highest BCUT2D eigenvalue weighted by atomic mass is 32.2. The first-order valence-corrected chi connectivity index (χ1v) is 4.26. The van der Waals surface area contributed by atoms with E-state index in [1.807, 2.05) is 4.40 Å². The van der Waals surface area contributed by atoms with Crippen LogP contribution < -0.4 is 5.11 Å². The summed E-state index contributed by atoms with van der Waals surface area (Å²) < 4.78 is 57.2. The van der Waals surface area contributed by atoms with Crippen LogP contribution in [0.1, 0.15) is 6.92 Å². The molecule has 0 saturated carbocycles. The Morgan fingerprint density at radius 2 is 1.85 bits per heavy atom. The summed E-state index contributed by atoms with van der Waals surface area (Å²) in [5.41, 5.74) is -5.93. The molecule has 0 amide bonds. The van der Waals surface area contributed by atoms with Gasteiger partial charge in [0.15, 0.2) is 0 Å². The Morgan fingerprint density at radius 3 is 2.08 bits per heavy atom. The lowest BCUT2D eigenvalue weighted by Gasteiger charge is -2.10. The first kappa shape index (κ1) is 11.9. The number of hydrogen-bond donors (Lipinski definition) is 0. The molecule has 0 radical (unpaired) electrons. The predicted octanol–water partition coefficient (Wildman–Crippen LogP) is 0.171. The summed E-state index contributed by atoms with van der Waals surface area (Å²) in [6, 6.07) is 0. The Labute approximate surface area is 72.5 Å². The highest BCUT2D eigenvalue weighted by Crippen LogP contribution is 2.24. The van der Waals surface area contributed by atoms with Gasteiger partial charge < -0.3 is 5.11 Å². The summed E-state index contributed by atoms with van der Waals surface area (Å²) in [7, 11) is -5.73. The lowest BCUT2D eigenvalue weighted by molar-refractivity contribution is -0.212. The largest absolute Gasteiger partial charge is 0.858 e. The molecule has 0 atom stereocenters. The van der Waals surface area contributed by atoms with Gasteiger partial charge in [0, 0.05) is 5.90 Å². The van der Waals surface area contributed by atoms with Crippen LogP contribution in [0.2, 0.25) is 0 Å². The fraction of sp³-hybridized carbons (Fsp3) is 0.400. The van der Waals surface area contributed by atoms with Crippen molar-refractivity contribution < 1.29 is 26.7 Å². The molecule has 0 aliphatic heterocycles. The number of sulfonamides is 1. The topological polar surface area (TPSA) is 69.6 Å². The molecule has 4 nitrogen and oxygen atoms in total. The van der Waals surface area contributed by atoms with Gasteiger partial charge in [0.2, 0.25) is 0 Å². The summed E-state index contributed by atoms with van der Waals surface area (Å²) in [6.07, 6.45) is 0. The van der Waals surface area contributed by atoms with Crippen LogP contribution in [0.25, 0.3) is 0 Å². The predicted molar refractivity (Wildman–Crippen MR) is 37.2 cm³/mol. The van der Waals surface area contributed by atoms with Gasteiger partial charge in [-0.3, -0.25) is 0 Å². The normalized spacial score (nSPS) is 14.3. The highest BCUT2D eigenvalue weighted by Gasteiger charge is 2.45. The van der Waals surface area contributed by atoms with Crippen LogP contribution in [0.3, 0.4) is 0 Å². The Bertz CT molecular complexity index is 341. The van der Waals surface area contributed by atoms with Crippen molar-refractivity contribution in [3.05, 3.63) is 12.2 Å². The van der Waals surface area contributed by atoms with Crippen molar-refractivity contribution in [3.8, 4) is 0 Å². The molecule has 0 aromatic heterocycles. The summed E-state index contributed by atoms with van der Waals surface area (Å²) in [5, 5.41) is 10.5. The Morgan fingerprint density at radius 1 is 1.46 bits per heavy atom. The van der Waals surface area contributed by atoms with Gasteiger partial charge in [-0.2, -0.15) is 26.0 Å². The van der Waals surface area contributed by atoms with E-state index in [9.17, 15) is 26.7 Å². The molecule has 0 aliphatic carbocycles. The van der Waals surface area contributed by atoms with Crippen LogP contribution in [0, 0.1) is 0 Å². The van der Waals surface area contributed by atoms with E-state index in [0.29, 0.717) is 0 Å². The third-order valence-corrected chi connectivity index (χ3v) is 1.85. The summed E-state index contributed by atoms with van der Waals surface area (Å²) in [6.45, 7) is 4.00. The molecule has 8 heteroatoms. The van der Waals surface area contributed by atoms with Crippen LogP contribution in [0.15, 0.2) is 16.5 Å². The van der Waals surface area contributed by atoms with Crippen molar-refractivity contribution in [1.82, 2.24) is 0 Å². The van der Waals surface area contributed by atoms with Gasteiger partial charge in [-0.25, -0.2) is 0 Å². The molecule has 0 N–H and O–H groups in total. The number of nitrogens with zero attached hydrogens (tertiary/aromatic N) is 1. The molecule has 0 bridgehead atoms. The molecule has 0 aromatic carbocycles. The zero-order valence-corrected chi connectivity index (χ0v) is 7.24. The number of halogens is 3. The van der Waals surface area contributed by atoms with E-state index in [1.54, 1.807) is 0 Å². The van der Waals surface area contributed by atoms with E-state index < -0.39 is 21.4 Å². The van der Waals surface area contributed by atoms with Crippen molar-refractivity contribution in [2.45, 2.75) is 12.4 Å². The molecule has 0 fully saturated rings. The lowest BCUT2D eigenvalue weighted by Crippen LogP contribution is -2.26. The third-order valence-electron chi connectivity index (χ3n) is 0.861. The maximum Gasteiger partial charge on any atom is 0.518 e. The van der Waals surface area contributed by atoms with Gasteiger partial charge in [-0.1, -0.05) is 6.58 Å². The molecule has 76 valence electrons. The average molecular weight is 216 g/mol. The third kappa shape index (κ3) is 3.05. The molecule has 13 heavy (non-hydrogen) atoms. The maximum absolute atomic E-state index is 11.6. The zero-order valence-electron chi connectivity index (χ0n) is 6.42. The SMILES string of the molecule is C=C(C)C([O-])=NS(=O)(=O)C(F)(F)F. The second-order valence-electron chi connectivity index (χ2n) is 2.10. The fourth-order valence-electron chi connectivity index (χ4n) is 0.239.